The lowest BCUT2D eigenvalue weighted by Crippen LogP contribution is -2.10. The molecule has 1 heterocycles. The first-order valence-electron chi connectivity index (χ1n) is 5.89. The van der Waals surface area contributed by atoms with Crippen molar-refractivity contribution in [3.05, 3.63) is 40.4 Å². The zero-order valence-corrected chi connectivity index (χ0v) is 12.3. The maximum Gasteiger partial charge on any atom is 0.170 e. The summed E-state index contributed by atoms with van der Waals surface area (Å²) in [6.45, 7) is 2.67. The minimum absolute atomic E-state index is 0.00560. The van der Waals surface area contributed by atoms with Gasteiger partial charge in [0.1, 0.15) is 17.9 Å². The molecule has 0 atom stereocenters. The third-order valence-electron chi connectivity index (χ3n) is 2.79. The number of aromatic nitrogens is 3. The molecule has 0 aliphatic heterocycles. The summed E-state index contributed by atoms with van der Waals surface area (Å²) >= 11 is 3.37. The number of halogens is 1. The number of ether oxygens (including phenoxy) is 1. The fourth-order valence-electron chi connectivity index (χ4n) is 1.77. The van der Waals surface area contributed by atoms with E-state index in [-0.39, 0.29) is 12.2 Å². The fourth-order valence-corrected chi connectivity index (χ4v) is 2.32. The molecule has 0 aliphatic carbocycles. The maximum atomic E-state index is 12.2. The molecule has 0 amide bonds. The summed E-state index contributed by atoms with van der Waals surface area (Å²) < 4.78 is 7.62. The van der Waals surface area contributed by atoms with Crippen LogP contribution in [0.2, 0.25) is 0 Å². The van der Waals surface area contributed by atoms with Gasteiger partial charge in [-0.2, -0.15) is 5.10 Å². The van der Waals surface area contributed by atoms with Gasteiger partial charge in [0.05, 0.1) is 18.0 Å². The van der Waals surface area contributed by atoms with E-state index in [2.05, 4.69) is 26.0 Å². The summed E-state index contributed by atoms with van der Waals surface area (Å²) in [4.78, 5) is 16.3. The highest BCUT2D eigenvalue weighted by molar-refractivity contribution is 9.10. The van der Waals surface area contributed by atoms with Crippen LogP contribution in [0.15, 0.2) is 29.0 Å². The van der Waals surface area contributed by atoms with Crippen LogP contribution in [-0.2, 0) is 13.0 Å². The molecule has 100 valence electrons. The molecule has 2 aromatic rings. The highest BCUT2D eigenvalue weighted by atomic mass is 79.9. The average molecular weight is 324 g/mol. The first-order chi connectivity index (χ1) is 9.15. The third kappa shape index (κ3) is 3.01. The number of methoxy groups -OCH3 is 1. The summed E-state index contributed by atoms with van der Waals surface area (Å²) in [5, 5.41) is 4.05. The molecule has 0 fully saturated rings. The Balaban J connectivity index is 2.18. The minimum Gasteiger partial charge on any atom is -0.496 e. The number of hydrogen-bond acceptors (Lipinski definition) is 4. The van der Waals surface area contributed by atoms with Gasteiger partial charge in [-0.1, -0.05) is 0 Å². The van der Waals surface area contributed by atoms with Gasteiger partial charge in [-0.25, -0.2) is 9.67 Å². The van der Waals surface area contributed by atoms with Crippen LogP contribution in [0.25, 0.3) is 0 Å². The Labute approximate surface area is 119 Å². The van der Waals surface area contributed by atoms with Gasteiger partial charge in [0.15, 0.2) is 5.78 Å². The molecule has 6 heteroatoms. The van der Waals surface area contributed by atoms with E-state index in [1.54, 1.807) is 30.0 Å². The molecular formula is C13H14BrN3O2. The van der Waals surface area contributed by atoms with Gasteiger partial charge < -0.3 is 4.74 Å². The molecule has 1 aromatic carbocycles. The summed E-state index contributed by atoms with van der Waals surface area (Å²) in [7, 11) is 1.59. The van der Waals surface area contributed by atoms with Crippen LogP contribution in [0, 0.1) is 0 Å². The van der Waals surface area contributed by atoms with Gasteiger partial charge in [-0.05, 0) is 41.1 Å². The topological polar surface area (TPSA) is 57.0 Å². The number of carbonyl (C=O) groups is 1. The van der Waals surface area contributed by atoms with E-state index in [1.807, 2.05) is 6.92 Å². The highest BCUT2D eigenvalue weighted by Crippen LogP contribution is 2.25. The smallest absolute Gasteiger partial charge is 0.170 e. The van der Waals surface area contributed by atoms with E-state index in [0.717, 1.165) is 4.47 Å². The minimum atomic E-state index is 0.00560. The Morgan fingerprint density at radius 3 is 2.89 bits per heavy atom. The van der Waals surface area contributed by atoms with Gasteiger partial charge >= 0.3 is 0 Å². The summed E-state index contributed by atoms with van der Waals surface area (Å²) in [6, 6.07) is 5.27. The Bertz CT molecular complexity index is 595. The number of rotatable bonds is 5. The van der Waals surface area contributed by atoms with Crippen LogP contribution in [0.4, 0.5) is 0 Å². The SMILES string of the molecule is CCn1ncnc1CC(=O)c1ccc(OC)c(Br)c1. The Morgan fingerprint density at radius 2 is 2.26 bits per heavy atom. The number of nitrogens with zero attached hydrogens (tertiary/aromatic N) is 3. The predicted octanol–water partition coefficient (Wildman–Crippen LogP) is 2.49. The van der Waals surface area contributed by atoms with E-state index in [9.17, 15) is 4.79 Å². The third-order valence-corrected chi connectivity index (χ3v) is 3.41. The molecular weight excluding hydrogens is 310 g/mol. The van der Waals surface area contributed by atoms with Crippen LogP contribution in [0.3, 0.4) is 0 Å². The lowest BCUT2D eigenvalue weighted by molar-refractivity contribution is 0.0989. The van der Waals surface area contributed by atoms with Gasteiger partial charge in [0.25, 0.3) is 0 Å². The van der Waals surface area contributed by atoms with Crippen molar-refractivity contribution >= 4 is 21.7 Å². The average Bonchev–Trinajstić information content (AvgIpc) is 2.85. The second-order valence-corrected chi connectivity index (χ2v) is 4.80. The predicted molar refractivity (Wildman–Crippen MR) is 74.4 cm³/mol. The molecule has 0 radical (unpaired) electrons. The van der Waals surface area contributed by atoms with Gasteiger partial charge in [-0.3, -0.25) is 4.79 Å². The molecule has 1 aromatic heterocycles. The molecule has 0 spiro atoms. The highest BCUT2D eigenvalue weighted by Gasteiger charge is 2.13. The molecule has 0 saturated carbocycles. The van der Waals surface area contributed by atoms with Gasteiger partial charge in [0.2, 0.25) is 0 Å². The van der Waals surface area contributed by atoms with Crippen molar-refractivity contribution in [2.75, 3.05) is 7.11 Å². The lowest BCUT2D eigenvalue weighted by Gasteiger charge is -2.06. The van der Waals surface area contributed by atoms with Crippen LogP contribution in [-0.4, -0.2) is 27.7 Å². The number of Topliss-reactive ketones (excluding diaryl/α,β-unsaturated/α-hetero) is 1. The van der Waals surface area contributed by atoms with Crippen molar-refractivity contribution in [3.8, 4) is 5.75 Å². The molecule has 0 saturated heterocycles. The first kappa shape index (κ1) is 13.7. The number of ketones is 1. The monoisotopic (exact) mass is 323 g/mol. The molecule has 2 rings (SSSR count). The first-order valence-corrected chi connectivity index (χ1v) is 6.68. The number of aryl methyl sites for hydroxylation is 1. The molecule has 19 heavy (non-hydrogen) atoms. The lowest BCUT2D eigenvalue weighted by atomic mass is 10.1. The van der Waals surface area contributed by atoms with Crippen molar-refractivity contribution in [1.82, 2.24) is 14.8 Å². The van der Waals surface area contributed by atoms with Crippen molar-refractivity contribution in [2.45, 2.75) is 19.9 Å². The maximum absolute atomic E-state index is 12.2. The van der Waals surface area contributed by atoms with Gasteiger partial charge in [-0.15, -0.1) is 0 Å². The Kier molecular flexibility index (Phi) is 4.31. The van der Waals surface area contributed by atoms with Crippen molar-refractivity contribution in [1.29, 1.82) is 0 Å². The number of hydrogen-bond donors (Lipinski definition) is 0. The Hall–Kier alpha value is -1.69. The summed E-state index contributed by atoms with van der Waals surface area (Å²) in [5.41, 5.74) is 0.623. The van der Waals surface area contributed by atoms with E-state index in [0.29, 0.717) is 23.7 Å². The zero-order chi connectivity index (χ0) is 13.8. The molecule has 0 unspecified atom stereocenters. The molecule has 0 N–H and O–H groups in total. The molecule has 0 bridgehead atoms. The number of carbonyl (C=O) groups excluding carboxylic acids is 1. The van der Waals surface area contributed by atoms with E-state index in [1.165, 1.54) is 6.33 Å². The van der Waals surface area contributed by atoms with Gasteiger partial charge in [0, 0.05) is 12.1 Å². The van der Waals surface area contributed by atoms with E-state index >= 15 is 0 Å². The number of benzene rings is 1. The largest absolute Gasteiger partial charge is 0.496 e. The van der Waals surface area contributed by atoms with Crippen LogP contribution in [0.5, 0.6) is 5.75 Å². The van der Waals surface area contributed by atoms with Crippen LogP contribution < -0.4 is 4.74 Å². The summed E-state index contributed by atoms with van der Waals surface area (Å²) in [5.74, 6) is 1.39. The Morgan fingerprint density at radius 1 is 1.47 bits per heavy atom. The van der Waals surface area contributed by atoms with Crippen molar-refractivity contribution in [2.24, 2.45) is 0 Å². The zero-order valence-electron chi connectivity index (χ0n) is 10.8. The normalized spacial score (nSPS) is 10.5. The molecule has 5 nitrogen and oxygen atoms in total. The standard InChI is InChI=1S/C13H14BrN3O2/c1-3-17-13(15-8-16-17)7-11(18)9-4-5-12(19-2)10(14)6-9/h4-6,8H,3,7H2,1-2H3. The second kappa shape index (κ2) is 5.97. The van der Waals surface area contributed by atoms with E-state index in [4.69, 9.17) is 4.74 Å². The molecule has 0 aliphatic rings. The second-order valence-electron chi connectivity index (χ2n) is 3.94. The van der Waals surface area contributed by atoms with Crippen molar-refractivity contribution < 1.29 is 9.53 Å². The fraction of sp³-hybridized carbons (Fsp3) is 0.308. The van der Waals surface area contributed by atoms with Crippen LogP contribution in [0.1, 0.15) is 23.1 Å². The van der Waals surface area contributed by atoms with Crippen LogP contribution >= 0.6 is 15.9 Å². The van der Waals surface area contributed by atoms with Crippen molar-refractivity contribution in [3.63, 3.8) is 0 Å². The quantitative estimate of drug-likeness (QED) is 0.793. The van der Waals surface area contributed by atoms with E-state index < -0.39 is 0 Å². The summed E-state index contributed by atoms with van der Waals surface area (Å²) in [6.07, 6.45) is 1.71.